The van der Waals surface area contributed by atoms with Gasteiger partial charge in [-0.3, -0.25) is 14.4 Å². The van der Waals surface area contributed by atoms with Crippen LogP contribution in [0.5, 0.6) is 0 Å². The van der Waals surface area contributed by atoms with Gasteiger partial charge in [0, 0.05) is 22.3 Å². The first-order valence-electron chi connectivity index (χ1n) is 7.43. The molecule has 3 aromatic rings. The van der Waals surface area contributed by atoms with Gasteiger partial charge in [-0.05, 0) is 24.3 Å². The normalized spacial score (nSPS) is 12.5. The number of carbonyl (C=O) groups is 3. The summed E-state index contributed by atoms with van der Waals surface area (Å²) in [4.78, 5) is 37.4. The van der Waals surface area contributed by atoms with Crippen molar-refractivity contribution >= 4 is 34.8 Å². The number of fused-ring (bicyclic) bond motifs is 2. The molecule has 122 valence electrons. The molecule has 0 bridgehead atoms. The highest BCUT2D eigenvalue weighted by Gasteiger charge is 2.30. The first-order chi connectivity index (χ1) is 12.1. The lowest BCUT2D eigenvalue weighted by Crippen LogP contribution is -2.21. The van der Waals surface area contributed by atoms with E-state index in [4.69, 9.17) is 16.0 Å². The third-order valence-corrected chi connectivity index (χ3v) is 4.32. The third kappa shape index (κ3) is 2.45. The van der Waals surface area contributed by atoms with Crippen molar-refractivity contribution in [2.24, 2.45) is 0 Å². The zero-order valence-corrected chi connectivity index (χ0v) is 13.5. The minimum atomic E-state index is -0.498. The molecule has 0 saturated carbocycles. The van der Waals surface area contributed by atoms with Crippen molar-refractivity contribution in [2.75, 3.05) is 5.32 Å². The Morgan fingerprint density at radius 3 is 2.12 bits per heavy atom. The number of carbonyl (C=O) groups excluding carboxylic acids is 3. The number of ketones is 2. The summed E-state index contributed by atoms with van der Waals surface area (Å²) in [6.07, 6.45) is 1.38. The van der Waals surface area contributed by atoms with Crippen LogP contribution in [-0.2, 0) is 0 Å². The standard InChI is InChI=1S/C19H10ClNO4/c20-14-8-12-13(9-15(14)21-19(24)16-6-3-7-25-16)18(23)11-5-2-1-4-10(11)17(12)22/h1-9H,(H,21,24). The summed E-state index contributed by atoms with van der Waals surface area (Å²) in [5.74, 6) is -0.935. The van der Waals surface area contributed by atoms with Crippen molar-refractivity contribution in [3.8, 4) is 0 Å². The van der Waals surface area contributed by atoms with Crippen LogP contribution >= 0.6 is 11.6 Å². The van der Waals surface area contributed by atoms with Crippen LogP contribution in [0.15, 0.2) is 59.2 Å². The molecule has 5 nitrogen and oxygen atoms in total. The Morgan fingerprint density at radius 1 is 0.880 bits per heavy atom. The summed E-state index contributed by atoms with van der Waals surface area (Å²) < 4.78 is 5.03. The van der Waals surface area contributed by atoms with Gasteiger partial charge >= 0.3 is 0 Å². The van der Waals surface area contributed by atoms with Crippen LogP contribution in [-0.4, -0.2) is 17.5 Å². The number of halogens is 1. The number of benzene rings is 2. The second kappa shape index (κ2) is 5.72. The van der Waals surface area contributed by atoms with E-state index < -0.39 is 5.91 Å². The average Bonchev–Trinajstić information content (AvgIpc) is 3.16. The van der Waals surface area contributed by atoms with Gasteiger partial charge in [0.15, 0.2) is 17.3 Å². The fourth-order valence-electron chi connectivity index (χ4n) is 2.81. The highest BCUT2D eigenvalue weighted by Crippen LogP contribution is 2.33. The lowest BCUT2D eigenvalue weighted by atomic mass is 9.84. The quantitative estimate of drug-likeness (QED) is 0.593. The Balaban J connectivity index is 1.78. The van der Waals surface area contributed by atoms with Gasteiger partial charge in [0.25, 0.3) is 5.91 Å². The Bertz CT molecular complexity index is 1040. The van der Waals surface area contributed by atoms with Crippen molar-refractivity contribution < 1.29 is 18.8 Å². The minimum absolute atomic E-state index is 0.113. The molecule has 1 N–H and O–H groups in total. The number of anilines is 1. The molecular weight excluding hydrogens is 342 g/mol. The molecule has 0 unspecified atom stereocenters. The van der Waals surface area contributed by atoms with Gasteiger partial charge in [-0.1, -0.05) is 35.9 Å². The summed E-state index contributed by atoms with van der Waals surface area (Å²) >= 11 is 6.20. The van der Waals surface area contributed by atoms with Gasteiger partial charge < -0.3 is 9.73 Å². The number of furan rings is 1. The molecular formula is C19H10ClNO4. The van der Waals surface area contributed by atoms with Gasteiger partial charge in [-0.25, -0.2) is 0 Å². The molecule has 1 aromatic heterocycles. The lowest BCUT2D eigenvalue weighted by molar-refractivity contribution is 0.0979. The average molecular weight is 352 g/mol. The van der Waals surface area contributed by atoms with E-state index in [2.05, 4.69) is 5.32 Å². The molecule has 0 aliphatic heterocycles. The van der Waals surface area contributed by atoms with Gasteiger partial charge in [0.05, 0.1) is 17.0 Å². The summed E-state index contributed by atoms with van der Waals surface area (Å²) in [5.41, 5.74) is 1.36. The maximum atomic E-state index is 12.7. The molecule has 1 aliphatic rings. The van der Waals surface area contributed by atoms with Crippen LogP contribution in [0.2, 0.25) is 5.02 Å². The van der Waals surface area contributed by atoms with Crippen LogP contribution in [0, 0.1) is 0 Å². The number of rotatable bonds is 2. The molecule has 1 amide bonds. The summed E-state index contributed by atoms with van der Waals surface area (Å²) in [6.45, 7) is 0. The molecule has 0 atom stereocenters. The van der Waals surface area contributed by atoms with E-state index in [1.165, 1.54) is 24.5 Å². The van der Waals surface area contributed by atoms with Crippen molar-refractivity contribution in [2.45, 2.75) is 0 Å². The summed E-state index contributed by atoms with van der Waals surface area (Å²) in [6, 6.07) is 12.5. The van der Waals surface area contributed by atoms with E-state index >= 15 is 0 Å². The van der Waals surface area contributed by atoms with Gasteiger partial charge in [-0.15, -0.1) is 0 Å². The predicted octanol–water partition coefficient (Wildman–Crippen LogP) is 3.96. The maximum absolute atomic E-state index is 12.7. The maximum Gasteiger partial charge on any atom is 0.291 e. The fourth-order valence-corrected chi connectivity index (χ4v) is 3.02. The van der Waals surface area contributed by atoms with Crippen LogP contribution in [0.1, 0.15) is 42.4 Å². The second-order valence-electron chi connectivity index (χ2n) is 5.51. The summed E-state index contributed by atoms with van der Waals surface area (Å²) in [5, 5.41) is 2.76. The largest absolute Gasteiger partial charge is 0.459 e. The first kappa shape index (κ1) is 15.4. The van der Waals surface area contributed by atoms with Crippen LogP contribution in [0.25, 0.3) is 0 Å². The van der Waals surface area contributed by atoms with Crippen LogP contribution < -0.4 is 5.32 Å². The van der Waals surface area contributed by atoms with E-state index in [1.54, 1.807) is 30.3 Å². The van der Waals surface area contributed by atoms with Crippen molar-refractivity contribution in [3.63, 3.8) is 0 Å². The Morgan fingerprint density at radius 2 is 1.52 bits per heavy atom. The fraction of sp³-hybridized carbons (Fsp3) is 0. The lowest BCUT2D eigenvalue weighted by Gasteiger charge is -2.19. The van der Waals surface area contributed by atoms with Crippen LogP contribution in [0.3, 0.4) is 0 Å². The molecule has 0 radical (unpaired) electrons. The molecule has 4 rings (SSSR count). The van der Waals surface area contributed by atoms with Gasteiger partial charge in [0.2, 0.25) is 0 Å². The van der Waals surface area contributed by atoms with E-state index in [0.29, 0.717) is 11.1 Å². The number of nitrogens with one attached hydrogen (secondary N) is 1. The molecule has 2 aromatic carbocycles. The topological polar surface area (TPSA) is 76.4 Å². The highest BCUT2D eigenvalue weighted by molar-refractivity contribution is 6.36. The van der Waals surface area contributed by atoms with Gasteiger partial charge in [-0.2, -0.15) is 0 Å². The Labute approximate surface area is 147 Å². The molecule has 0 fully saturated rings. The monoisotopic (exact) mass is 351 g/mol. The first-order valence-corrected chi connectivity index (χ1v) is 7.81. The smallest absolute Gasteiger partial charge is 0.291 e. The zero-order valence-electron chi connectivity index (χ0n) is 12.7. The van der Waals surface area contributed by atoms with E-state index in [9.17, 15) is 14.4 Å². The summed E-state index contributed by atoms with van der Waals surface area (Å²) in [7, 11) is 0. The van der Waals surface area contributed by atoms with E-state index in [0.717, 1.165) is 0 Å². The van der Waals surface area contributed by atoms with E-state index in [-0.39, 0.29) is 39.2 Å². The highest BCUT2D eigenvalue weighted by atomic mass is 35.5. The Kier molecular flexibility index (Phi) is 3.51. The third-order valence-electron chi connectivity index (χ3n) is 4.01. The minimum Gasteiger partial charge on any atom is -0.459 e. The molecule has 25 heavy (non-hydrogen) atoms. The molecule has 6 heteroatoms. The van der Waals surface area contributed by atoms with Crippen LogP contribution in [0.4, 0.5) is 5.69 Å². The SMILES string of the molecule is O=C(Nc1cc2c(cc1Cl)C(=O)c1ccccc1C2=O)c1ccco1. The molecule has 0 saturated heterocycles. The molecule has 1 aliphatic carbocycles. The predicted molar refractivity (Wildman–Crippen MR) is 91.4 cm³/mol. The Hall–Kier alpha value is -3.18. The van der Waals surface area contributed by atoms with Crippen molar-refractivity contribution in [1.82, 2.24) is 0 Å². The number of hydrogen-bond acceptors (Lipinski definition) is 4. The van der Waals surface area contributed by atoms with Crippen molar-refractivity contribution in [1.29, 1.82) is 0 Å². The second-order valence-corrected chi connectivity index (χ2v) is 5.92. The van der Waals surface area contributed by atoms with Crippen molar-refractivity contribution in [3.05, 3.63) is 87.8 Å². The molecule has 1 heterocycles. The molecule has 0 spiro atoms. The number of hydrogen-bond donors (Lipinski definition) is 1. The van der Waals surface area contributed by atoms with E-state index in [1.807, 2.05) is 0 Å². The zero-order chi connectivity index (χ0) is 17.6. The number of amides is 1. The van der Waals surface area contributed by atoms with Gasteiger partial charge in [0.1, 0.15) is 0 Å².